The first-order valence-corrected chi connectivity index (χ1v) is 7.95. The van der Waals surface area contributed by atoms with E-state index in [1.165, 1.54) is 12.8 Å². The van der Waals surface area contributed by atoms with Crippen LogP contribution in [0.5, 0.6) is 0 Å². The van der Waals surface area contributed by atoms with E-state index in [2.05, 4.69) is 10.2 Å². The molecular weight excluding hydrogens is 272 g/mol. The number of benzene rings is 1. The highest BCUT2D eigenvalue weighted by molar-refractivity contribution is 7.99. The van der Waals surface area contributed by atoms with Crippen molar-refractivity contribution in [3.63, 3.8) is 0 Å². The van der Waals surface area contributed by atoms with Crippen molar-refractivity contribution in [2.75, 3.05) is 12.4 Å². The van der Waals surface area contributed by atoms with Gasteiger partial charge in [0.15, 0.2) is 0 Å². The zero-order valence-corrected chi connectivity index (χ0v) is 12.4. The van der Waals surface area contributed by atoms with Gasteiger partial charge < -0.3 is 9.15 Å². The fourth-order valence-corrected chi connectivity index (χ4v) is 3.12. The van der Waals surface area contributed by atoms with Gasteiger partial charge in [-0.25, -0.2) is 0 Å². The second-order valence-corrected chi connectivity index (χ2v) is 5.96. The third-order valence-electron chi connectivity index (χ3n) is 3.45. The molecule has 3 rings (SSSR count). The van der Waals surface area contributed by atoms with Crippen LogP contribution in [0.1, 0.15) is 24.8 Å². The molecular formula is C15H18N2O2S. The highest BCUT2D eigenvalue weighted by Gasteiger charge is 2.16. The van der Waals surface area contributed by atoms with Crippen molar-refractivity contribution in [2.24, 2.45) is 0 Å². The Labute approximate surface area is 122 Å². The van der Waals surface area contributed by atoms with Crippen LogP contribution >= 0.6 is 11.8 Å². The highest BCUT2D eigenvalue weighted by Crippen LogP contribution is 2.27. The fraction of sp³-hybridized carbons (Fsp3) is 0.467. The first-order chi connectivity index (χ1) is 9.83. The lowest BCUT2D eigenvalue weighted by Crippen LogP contribution is -2.21. The fourth-order valence-electron chi connectivity index (χ4n) is 2.29. The van der Waals surface area contributed by atoms with Gasteiger partial charge in [0.25, 0.3) is 5.22 Å². The quantitative estimate of drug-likeness (QED) is 0.803. The van der Waals surface area contributed by atoms with E-state index in [9.17, 15) is 0 Å². The Balaban J connectivity index is 1.63. The monoisotopic (exact) mass is 290 g/mol. The van der Waals surface area contributed by atoms with Gasteiger partial charge in [-0.3, -0.25) is 0 Å². The number of hydrogen-bond donors (Lipinski definition) is 0. The molecule has 5 heteroatoms. The maximum absolute atomic E-state index is 5.73. The van der Waals surface area contributed by atoms with Crippen molar-refractivity contribution in [1.29, 1.82) is 0 Å². The SMILES string of the molecule is Cc1ccccc1-c1nnc(SC[C@H]2CCCCO2)o1. The molecule has 1 aliphatic rings. The molecule has 1 saturated heterocycles. The van der Waals surface area contributed by atoms with Crippen LogP contribution in [0.2, 0.25) is 0 Å². The van der Waals surface area contributed by atoms with Gasteiger partial charge in [0.2, 0.25) is 5.89 Å². The van der Waals surface area contributed by atoms with Crippen molar-refractivity contribution in [2.45, 2.75) is 37.5 Å². The molecule has 0 unspecified atom stereocenters. The average molecular weight is 290 g/mol. The van der Waals surface area contributed by atoms with Crippen LogP contribution in [0.4, 0.5) is 0 Å². The summed E-state index contributed by atoms with van der Waals surface area (Å²) in [5.74, 6) is 1.48. The van der Waals surface area contributed by atoms with E-state index in [4.69, 9.17) is 9.15 Å². The van der Waals surface area contributed by atoms with Crippen LogP contribution in [-0.2, 0) is 4.74 Å². The van der Waals surface area contributed by atoms with Crippen molar-refractivity contribution < 1.29 is 9.15 Å². The van der Waals surface area contributed by atoms with Crippen LogP contribution in [0.15, 0.2) is 33.9 Å². The Morgan fingerprint density at radius 3 is 2.95 bits per heavy atom. The molecule has 1 atom stereocenters. The van der Waals surface area contributed by atoms with Gasteiger partial charge in [0.1, 0.15) is 0 Å². The van der Waals surface area contributed by atoms with E-state index in [0.717, 1.165) is 29.9 Å². The number of thioether (sulfide) groups is 1. The molecule has 0 N–H and O–H groups in total. The summed E-state index contributed by atoms with van der Waals surface area (Å²) in [6, 6.07) is 8.03. The molecule has 0 spiro atoms. The van der Waals surface area contributed by atoms with E-state index in [-0.39, 0.29) is 0 Å². The van der Waals surface area contributed by atoms with Gasteiger partial charge in [-0.1, -0.05) is 30.0 Å². The van der Waals surface area contributed by atoms with E-state index >= 15 is 0 Å². The van der Waals surface area contributed by atoms with Gasteiger partial charge >= 0.3 is 0 Å². The third-order valence-corrected chi connectivity index (χ3v) is 4.40. The van der Waals surface area contributed by atoms with Crippen molar-refractivity contribution >= 4 is 11.8 Å². The molecule has 1 aromatic carbocycles. The molecule has 106 valence electrons. The summed E-state index contributed by atoms with van der Waals surface area (Å²) in [6.07, 6.45) is 3.89. The predicted molar refractivity (Wildman–Crippen MR) is 78.8 cm³/mol. The topological polar surface area (TPSA) is 48.2 Å². The van der Waals surface area contributed by atoms with Crippen LogP contribution < -0.4 is 0 Å². The summed E-state index contributed by atoms with van der Waals surface area (Å²) in [5, 5.41) is 8.86. The summed E-state index contributed by atoms with van der Waals surface area (Å²) in [6.45, 7) is 2.92. The number of nitrogens with zero attached hydrogens (tertiary/aromatic N) is 2. The molecule has 0 radical (unpaired) electrons. The number of ether oxygens (including phenoxy) is 1. The Morgan fingerprint density at radius 1 is 1.25 bits per heavy atom. The van der Waals surface area contributed by atoms with Crippen LogP contribution in [-0.4, -0.2) is 28.7 Å². The van der Waals surface area contributed by atoms with Crippen LogP contribution in [0, 0.1) is 6.92 Å². The molecule has 4 nitrogen and oxygen atoms in total. The molecule has 2 heterocycles. The number of aromatic nitrogens is 2. The van der Waals surface area contributed by atoms with E-state index in [1.54, 1.807) is 11.8 Å². The Bertz CT molecular complexity index is 565. The normalized spacial score (nSPS) is 19.1. The summed E-state index contributed by atoms with van der Waals surface area (Å²) in [4.78, 5) is 0. The number of rotatable bonds is 4. The first-order valence-electron chi connectivity index (χ1n) is 6.97. The first kappa shape index (κ1) is 13.6. The maximum atomic E-state index is 5.73. The minimum Gasteiger partial charge on any atom is -0.411 e. The summed E-state index contributed by atoms with van der Waals surface area (Å²) < 4.78 is 11.4. The molecule has 2 aromatic rings. The molecule has 0 bridgehead atoms. The van der Waals surface area contributed by atoms with Crippen LogP contribution in [0.3, 0.4) is 0 Å². The third kappa shape index (κ3) is 3.22. The van der Waals surface area contributed by atoms with Gasteiger partial charge in [-0.15, -0.1) is 10.2 Å². The summed E-state index contributed by atoms with van der Waals surface area (Å²) in [5.41, 5.74) is 2.14. The molecule has 1 aromatic heterocycles. The zero-order valence-electron chi connectivity index (χ0n) is 11.5. The van der Waals surface area contributed by atoms with E-state index in [0.29, 0.717) is 17.2 Å². The minimum atomic E-state index is 0.322. The van der Waals surface area contributed by atoms with Gasteiger partial charge in [0.05, 0.1) is 6.10 Å². The van der Waals surface area contributed by atoms with E-state index in [1.807, 2.05) is 31.2 Å². The Morgan fingerprint density at radius 2 is 2.15 bits per heavy atom. The molecule has 0 saturated carbocycles. The van der Waals surface area contributed by atoms with Gasteiger partial charge in [0, 0.05) is 17.9 Å². The maximum Gasteiger partial charge on any atom is 0.276 e. The Hall–Kier alpha value is -1.33. The summed E-state index contributed by atoms with van der Waals surface area (Å²) in [7, 11) is 0. The highest BCUT2D eigenvalue weighted by atomic mass is 32.2. The molecule has 1 aliphatic heterocycles. The lowest BCUT2D eigenvalue weighted by atomic mass is 10.1. The minimum absolute atomic E-state index is 0.322. The van der Waals surface area contributed by atoms with Crippen molar-refractivity contribution in [3.05, 3.63) is 29.8 Å². The Kier molecular flexibility index (Phi) is 4.38. The zero-order chi connectivity index (χ0) is 13.8. The van der Waals surface area contributed by atoms with Crippen molar-refractivity contribution in [1.82, 2.24) is 10.2 Å². The number of aryl methyl sites for hydroxylation is 1. The average Bonchev–Trinajstić information content (AvgIpc) is 2.95. The predicted octanol–water partition coefficient (Wildman–Crippen LogP) is 3.71. The smallest absolute Gasteiger partial charge is 0.276 e. The van der Waals surface area contributed by atoms with Gasteiger partial charge in [-0.2, -0.15) is 0 Å². The van der Waals surface area contributed by atoms with Gasteiger partial charge in [-0.05, 0) is 37.8 Å². The standard InChI is InChI=1S/C15H18N2O2S/c1-11-6-2-3-8-13(11)14-16-17-15(19-14)20-10-12-7-4-5-9-18-12/h2-3,6,8,12H,4-5,7,9-10H2,1H3/t12-/m1/s1. The molecule has 0 amide bonds. The number of hydrogen-bond acceptors (Lipinski definition) is 5. The molecule has 1 fully saturated rings. The summed E-state index contributed by atoms with van der Waals surface area (Å²) >= 11 is 1.58. The lowest BCUT2D eigenvalue weighted by Gasteiger charge is -2.21. The molecule has 0 aliphatic carbocycles. The second kappa shape index (κ2) is 6.41. The van der Waals surface area contributed by atoms with Crippen molar-refractivity contribution in [3.8, 4) is 11.5 Å². The molecule has 20 heavy (non-hydrogen) atoms. The largest absolute Gasteiger partial charge is 0.411 e. The van der Waals surface area contributed by atoms with E-state index < -0.39 is 0 Å². The van der Waals surface area contributed by atoms with Crippen LogP contribution in [0.25, 0.3) is 11.5 Å². The lowest BCUT2D eigenvalue weighted by molar-refractivity contribution is 0.0314. The second-order valence-electron chi connectivity index (χ2n) is 4.99.